The summed E-state index contributed by atoms with van der Waals surface area (Å²) in [5.41, 5.74) is 0.893. The SMILES string of the molecule is Fc1cccc(CC2CCCCCC2Cl)c1Cl. The summed E-state index contributed by atoms with van der Waals surface area (Å²) >= 11 is 12.4. The Morgan fingerprint density at radius 2 is 1.94 bits per heavy atom. The first-order valence-electron chi connectivity index (χ1n) is 6.25. The summed E-state index contributed by atoms with van der Waals surface area (Å²) < 4.78 is 13.3. The van der Waals surface area contributed by atoms with E-state index in [-0.39, 0.29) is 16.2 Å². The second kappa shape index (κ2) is 6.06. The Morgan fingerprint density at radius 1 is 1.18 bits per heavy atom. The number of hydrogen-bond acceptors (Lipinski definition) is 0. The maximum atomic E-state index is 13.3. The summed E-state index contributed by atoms with van der Waals surface area (Å²) in [5.74, 6) is 0.0994. The van der Waals surface area contributed by atoms with Gasteiger partial charge in [-0.05, 0) is 36.8 Å². The number of rotatable bonds is 2. The van der Waals surface area contributed by atoms with Gasteiger partial charge in [0.15, 0.2) is 0 Å². The molecule has 1 aromatic carbocycles. The Balaban J connectivity index is 2.10. The van der Waals surface area contributed by atoms with Gasteiger partial charge in [-0.2, -0.15) is 0 Å². The van der Waals surface area contributed by atoms with Crippen LogP contribution in [0.25, 0.3) is 0 Å². The molecule has 0 nitrogen and oxygen atoms in total. The van der Waals surface area contributed by atoms with Gasteiger partial charge in [-0.3, -0.25) is 0 Å². The average molecular weight is 275 g/mol. The van der Waals surface area contributed by atoms with Crippen molar-refractivity contribution >= 4 is 23.2 Å². The maximum absolute atomic E-state index is 13.3. The van der Waals surface area contributed by atoms with Gasteiger partial charge in [-0.25, -0.2) is 4.39 Å². The fourth-order valence-corrected chi connectivity index (χ4v) is 3.13. The highest BCUT2D eigenvalue weighted by Crippen LogP contribution is 2.32. The minimum absolute atomic E-state index is 0.205. The molecule has 0 spiro atoms. The van der Waals surface area contributed by atoms with Crippen LogP contribution in [0.2, 0.25) is 5.02 Å². The number of alkyl halides is 1. The molecule has 0 bridgehead atoms. The Hall–Kier alpha value is -0.270. The van der Waals surface area contributed by atoms with Crippen LogP contribution in [0.4, 0.5) is 4.39 Å². The summed E-state index contributed by atoms with van der Waals surface area (Å²) in [5, 5.41) is 0.470. The van der Waals surface area contributed by atoms with E-state index in [4.69, 9.17) is 23.2 Å². The standard InChI is InChI=1S/C14H17Cl2F/c15-12-7-3-1-2-5-10(12)9-11-6-4-8-13(17)14(11)16/h4,6,8,10,12H,1-3,5,7,9H2. The Bertz CT molecular complexity index is 378. The Labute approximate surface area is 112 Å². The third kappa shape index (κ3) is 3.35. The van der Waals surface area contributed by atoms with Crippen molar-refractivity contribution in [1.29, 1.82) is 0 Å². The van der Waals surface area contributed by atoms with Crippen LogP contribution in [0.15, 0.2) is 18.2 Å². The molecular formula is C14H17Cl2F. The van der Waals surface area contributed by atoms with Gasteiger partial charge in [-0.15, -0.1) is 11.6 Å². The molecule has 94 valence electrons. The lowest BCUT2D eigenvalue weighted by molar-refractivity contribution is 0.464. The zero-order chi connectivity index (χ0) is 12.3. The van der Waals surface area contributed by atoms with Gasteiger partial charge < -0.3 is 0 Å². The average Bonchev–Trinajstić information content (AvgIpc) is 2.51. The summed E-state index contributed by atoms with van der Waals surface area (Å²) in [6, 6.07) is 5.02. The lowest BCUT2D eigenvalue weighted by Gasteiger charge is -2.20. The molecular weight excluding hydrogens is 258 g/mol. The Morgan fingerprint density at radius 3 is 2.76 bits per heavy atom. The quantitative estimate of drug-likeness (QED) is 0.513. The van der Waals surface area contributed by atoms with Gasteiger partial charge in [-0.1, -0.05) is 43.0 Å². The molecule has 0 heterocycles. The van der Waals surface area contributed by atoms with Crippen LogP contribution in [0.1, 0.15) is 37.7 Å². The summed E-state index contributed by atoms with van der Waals surface area (Å²) in [6.07, 6.45) is 6.68. The highest BCUT2D eigenvalue weighted by atomic mass is 35.5. The van der Waals surface area contributed by atoms with Gasteiger partial charge >= 0.3 is 0 Å². The van der Waals surface area contributed by atoms with Crippen molar-refractivity contribution in [3.8, 4) is 0 Å². The number of halogens is 3. The van der Waals surface area contributed by atoms with Crippen molar-refractivity contribution in [3.63, 3.8) is 0 Å². The van der Waals surface area contributed by atoms with E-state index in [1.807, 2.05) is 6.07 Å². The summed E-state index contributed by atoms with van der Waals surface area (Å²) in [4.78, 5) is 0. The monoisotopic (exact) mass is 274 g/mol. The second-order valence-corrected chi connectivity index (χ2v) is 5.77. The van der Waals surface area contributed by atoms with Crippen LogP contribution in [0, 0.1) is 11.7 Å². The molecule has 1 fully saturated rings. The number of benzene rings is 1. The zero-order valence-corrected chi connectivity index (χ0v) is 11.3. The molecule has 0 aliphatic heterocycles. The van der Waals surface area contributed by atoms with Crippen LogP contribution in [0.3, 0.4) is 0 Å². The maximum Gasteiger partial charge on any atom is 0.142 e. The molecule has 1 aromatic rings. The van der Waals surface area contributed by atoms with Gasteiger partial charge in [0.05, 0.1) is 5.02 Å². The lowest BCUT2D eigenvalue weighted by atomic mass is 9.92. The lowest BCUT2D eigenvalue weighted by Crippen LogP contribution is -2.16. The van der Waals surface area contributed by atoms with Crippen molar-refractivity contribution in [1.82, 2.24) is 0 Å². The minimum Gasteiger partial charge on any atom is -0.205 e. The van der Waals surface area contributed by atoms with Crippen molar-refractivity contribution < 1.29 is 4.39 Å². The first-order chi connectivity index (χ1) is 8.18. The smallest absolute Gasteiger partial charge is 0.142 e. The van der Waals surface area contributed by atoms with Gasteiger partial charge in [0, 0.05) is 5.38 Å². The molecule has 2 unspecified atom stereocenters. The van der Waals surface area contributed by atoms with Gasteiger partial charge in [0.1, 0.15) is 5.82 Å². The molecule has 0 N–H and O–H groups in total. The largest absolute Gasteiger partial charge is 0.205 e. The van der Waals surface area contributed by atoms with E-state index in [1.165, 1.54) is 25.3 Å². The van der Waals surface area contributed by atoms with Gasteiger partial charge in [0.25, 0.3) is 0 Å². The van der Waals surface area contributed by atoms with Crippen LogP contribution in [-0.2, 0) is 6.42 Å². The summed E-state index contributed by atoms with van der Waals surface area (Å²) in [6.45, 7) is 0. The van der Waals surface area contributed by atoms with E-state index in [0.717, 1.165) is 24.8 Å². The first kappa shape index (κ1) is 13.2. The van der Waals surface area contributed by atoms with Crippen molar-refractivity contribution in [2.45, 2.75) is 43.9 Å². The molecule has 0 amide bonds. The molecule has 0 radical (unpaired) electrons. The van der Waals surface area contributed by atoms with E-state index in [2.05, 4.69) is 0 Å². The van der Waals surface area contributed by atoms with Crippen molar-refractivity contribution in [3.05, 3.63) is 34.6 Å². The topological polar surface area (TPSA) is 0 Å². The molecule has 2 rings (SSSR count). The summed E-state index contributed by atoms with van der Waals surface area (Å²) in [7, 11) is 0. The van der Waals surface area contributed by atoms with E-state index in [9.17, 15) is 4.39 Å². The normalized spacial score (nSPS) is 25.6. The molecule has 1 aliphatic carbocycles. The highest BCUT2D eigenvalue weighted by molar-refractivity contribution is 6.31. The molecule has 1 aliphatic rings. The fraction of sp³-hybridized carbons (Fsp3) is 0.571. The van der Waals surface area contributed by atoms with Crippen LogP contribution in [-0.4, -0.2) is 5.38 Å². The molecule has 17 heavy (non-hydrogen) atoms. The third-order valence-electron chi connectivity index (χ3n) is 3.58. The van der Waals surface area contributed by atoms with Crippen LogP contribution >= 0.6 is 23.2 Å². The molecule has 0 saturated heterocycles. The number of hydrogen-bond donors (Lipinski definition) is 0. The van der Waals surface area contributed by atoms with E-state index < -0.39 is 0 Å². The van der Waals surface area contributed by atoms with Gasteiger partial charge in [0.2, 0.25) is 0 Å². The van der Waals surface area contributed by atoms with Crippen LogP contribution in [0.5, 0.6) is 0 Å². The van der Waals surface area contributed by atoms with Crippen molar-refractivity contribution in [2.24, 2.45) is 5.92 Å². The Kier molecular flexibility index (Phi) is 4.69. The predicted molar refractivity (Wildman–Crippen MR) is 71.3 cm³/mol. The van der Waals surface area contributed by atoms with Crippen molar-refractivity contribution in [2.75, 3.05) is 0 Å². The van der Waals surface area contributed by atoms with E-state index in [1.54, 1.807) is 6.07 Å². The first-order valence-corrected chi connectivity index (χ1v) is 7.07. The fourth-order valence-electron chi connectivity index (χ4n) is 2.56. The van der Waals surface area contributed by atoms with Crippen LogP contribution < -0.4 is 0 Å². The molecule has 1 saturated carbocycles. The molecule has 3 heteroatoms. The van der Waals surface area contributed by atoms with E-state index in [0.29, 0.717) is 5.92 Å². The minimum atomic E-state index is -0.330. The third-order valence-corrected chi connectivity index (χ3v) is 4.58. The zero-order valence-electron chi connectivity index (χ0n) is 9.76. The van der Waals surface area contributed by atoms with E-state index >= 15 is 0 Å². The predicted octanol–water partition coefficient (Wildman–Crippen LogP) is 5.21. The highest BCUT2D eigenvalue weighted by Gasteiger charge is 2.23. The second-order valence-electron chi connectivity index (χ2n) is 4.83. The molecule has 2 atom stereocenters. The molecule has 0 aromatic heterocycles.